The normalized spacial score (nSPS) is 12.6. The van der Waals surface area contributed by atoms with Crippen LogP contribution in [0, 0.1) is 0 Å². The van der Waals surface area contributed by atoms with E-state index in [4.69, 9.17) is 14.6 Å². The first-order chi connectivity index (χ1) is 25.0. The highest BCUT2D eigenvalue weighted by Crippen LogP contribution is 2.30. The topological polar surface area (TPSA) is 99.1 Å². The monoisotopic (exact) mass is 713 g/mol. The average molecular weight is 714 g/mol. The number of carbonyl (C=O) groups excluding carboxylic acids is 1. The van der Waals surface area contributed by atoms with Crippen molar-refractivity contribution >= 4 is 22.8 Å². The summed E-state index contributed by atoms with van der Waals surface area (Å²) >= 11 is 0. The number of esters is 1. The van der Waals surface area contributed by atoms with E-state index >= 15 is 0 Å². The van der Waals surface area contributed by atoms with Gasteiger partial charge < -0.3 is 19.7 Å². The van der Waals surface area contributed by atoms with E-state index in [2.05, 4.69) is 103 Å². The largest absolute Gasteiger partial charge is 0.872 e. The maximum Gasteiger partial charge on any atom is 0.335 e. The van der Waals surface area contributed by atoms with Crippen LogP contribution >= 0.6 is 0 Å². The third kappa shape index (κ3) is 17.1. The number of carboxylic acid groups (broad SMARTS) is 1. The summed E-state index contributed by atoms with van der Waals surface area (Å²) in [4.78, 5) is 28.2. The van der Waals surface area contributed by atoms with Gasteiger partial charge in [0.15, 0.2) is 14.7 Å². The maximum absolute atomic E-state index is 11.6. The van der Waals surface area contributed by atoms with Gasteiger partial charge in [-0.25, -0.2) is 4.79 Å². The molecule has 0 radical (unpaired) electrons. The van der Waals surface area contributed by atoms with Crippen LogP contribution < -0.4 is 5.11 Å². The number of carbonyl (C=O) groups is 2. The van der Waals surface area contributed by atoms with Crippen LogP contribution in [0.15, 0.2) is 130 Å². The van der Waals surface area contributed by atoms with Gasteiger partial charge in [-0.2, -0.15) is 0 Å². The summed E-state index contributed by atoms with van der Waals surface area (Å²) in [5, 5.41) is 19.0. The Morgan fingerprint density at radius 2 is 1.14 bits per heavy atom. The van der Waals surface area contributed by atoms with Gasteiger partial charge in [-0.05, 0) is 48.9 Å². The van der Waals surface area contributed by atoms with Crippen LogP contribution in [-0.2, 0) is 25.2 Å². The Morgan fingerprint density at radius 1 is 0.686 bits per heavy atom. The van der Waals surface area contributed by atoms with Crippen LogP contribution in [0.25, 0.3) is 0 Å². The highest BCUT2D eigenvalue weighted by Gasteiger charge is 2.27. The Kier molecular flexibility index (Phi) is 20.9. The molecule has 0 aromatic heterocycles. The molecule has 274 valence electrons. The van der Waals surface area contributed by atoms with Crippen LogP contribution in [0.4, 0.5) is 0 Å². The number of nitrogens with zero attached hydrogens (tertiary/aromatic N) is 1. The van der Waals surface area contributed by atoms with Gasteiger partial charge in [0.1, 0.15) is 6.61 Å². The maximum atomic E-state index is 11.6. The number of benzene rings is 4. The van der Waals surface area contributed by atoms with E-state index in [1.807, 2.05) is 0 Å². The number of para-hydroxylation sites is 1. The van der Waals surface area contributed by atoms with Crippen LogP contribution in [0.1, 0.15) is 81.5 Å². The quantitative estimate of drug-likeness (QED) is 0.0663. The second-order valence-electron chi connectivity index (χ2n) is 12.3. The highest BCUT2D eigenvalue weighted by atomic mass is 32.2. The molecule has 1 saturated heterocycles. The number of morpholine rings is 1. The molecule has 1 N–H and O–H groups in total. The smallest absolute Gasteiger partial charge is 0.335 e. The van der Waals surface area contributed by atoms with Crippen LogP contribution in [0.3, 0.4) is 0 Å². The Labute approximate surface area is 308 Å². The minimum absolute atomic E-state index is 0.0146. The Morgan fingerprint density at radius 3 is 1.59 bits per heavy atom. The number of rotatable bonds is 17. The molecule has 8 heteroatoms. The Balaban J connectivity index is 0.000000220. The third-order valence-corrected chi connectivity index (χ3v) is 10.5. The molecule has 51 heavy (non-hydrogen) atoms. The van der Waals surface area contributed by atoms with Crippen molar-refractivity contribution in [3.63, 3.8) is 0 Å². The summed E-state index contributed by atoms with van der Waals surface area (Å²) < 4.78 is 10.6. The number of unbranched alkanes of at least 4 members (excludes halogenated alkanes) is 8. The molecule has 7 nitrogen and oxygen atoms in total. The first kappa shape index (κ1) is 41.3. The van der Waals surface area contributed by atoms with Crippen molar-refractivity contribution in [1.29, 1.82) is 0 Å². The van der Waals surface area contributed by atoms with E-state index in [0.717, 1.165) is 45.7 Å². The zero-order chi connectivity index (χ0) is 36.4. The summed E-state index contributed by atoms with van der Waals surface area (Å²) in [7, 11) is -0.0146. The minimum atomic E-state index is -1.18. The van der Waals surface area contributed by atoms with E-state index in [0.29, 0.717) is 13.0 Å². The number of hydrogen-bond donors (Lipinski definition) is 1. The fraction of sp³-hybridized carbons (Fsp3) is 0.395. The fourth-order valence-corrected chi connectivity index (χ4v) is 7.59. The van der Waals surface area contributed by atoms with E-state index < -0.39 is 11.7 Å². The van der Waals surface area contributed by atoms with Crippen molar-refractivity contribution in [2.45, 2.75) is 85.8 Å². The molecule has 1 heterocycles. The molecule has 1 aliphatic rings. The van der Waals surface area contributed by atoms with Gasteiger partial charge in [0.25, 0.3) is 0 Å². The Hall–Kier alpha value is -4.11. The molecule has 4 aromatic rings. The molecule has 0 amide bonds. The third-order valence-electron chi connectivity index (χ3n) is 8.31. The van der Waals surface area contributed by atoms with Crippen molar-refractivity contribution < 1.29 is 29.3 Å². The summed E-state index contributed by atoms with van der Waals surface area (Å²) in [6, 6.07) is 37.7. The second kappa shape index (κ2) is 25.8. The van der Waals surface area contributed by atoms with Gasteiger partial charge in [-0.3, -0.25) is 9.69 Å². The molecule has 0 aliphatic carbocycles. The second-order valence-corrected chi connectivity index (χ2v) is 14.3. The van der Waals surface area contributed by atoms with Crippen molar-refractivity contribution in [2.24, 2.45) is 0 Å². The molecular weight excluding hydrogens is 659 g/mol. The lowest BCUT2D eigenvalue weighted by atomic mass is 10.1. The SMILES string of the molecule is CCCCCCCCCCCC(=O)OCCN1CCOCC1.O=C(O)c1ccccc1[O-].c1ccc([S+](c2ccccc2)c2ccccc2)cc1. The summed E-state index contributed by atoms with van der Waals surface area (Å²) in [6.07, 6.45) is 12.1. The van der Waals surface area contributed by atoms with Crippen molar-refractivity contribution in [3.05, 3.63) is 121 Å². The van der Waals surface area contributed by atoms with E-state index in [9.17, 15) is 14.7 Å². The van der Waals surface area contributed by atoms with Crippen molar-refractivity contribution in [1.82, 2.24) is 4.90 Å². The zero-order valence-corrected chi connectivity index (χ0v) is 30.9. The van der Waals surface area contributed by atoms with Gasteiger partial charge in [-0.1, -0.05) is 137 Å². The first-order valence-electron chi connectivity index (χ1n) is 18.3. The zero-order valence-electron chi connectivity index (χ0n) is 30.1. The molecule has 0 saturated carbocycles. The van der Waals surface area contributed by atoms with Crippen LogP contribution in [0.2, 0.25) is 0 Å². The molecule has 0 unspecified atom stereocenters. The standard InChI is InChI=1S/C18H35NO3.C18H15S.C7H6O3/c1-2-3-4-5-6-7-8-9-10-11-18(20)22-17-14-19-12-15-21-16-13-19;1-4-10-16(11-5-1)19(17-12-6-2-7-13-17)18-14-8-3-9-15-18;8-6-4-2-1-3-5(6)7(9)10/h2-17H2,1H3;1-15H;1-4,8H,(H,9,10)/q;+1;/p-1. The minimum Gasteiger partial charge on any atom is -0.872 e. The number of aromatic carboxylic acids is 1. The number of ether oxygens (including phenoxy) is 2. The predicted octanol–water partition coefficient (Wildman–Crippen LogP) is 9.02. The molecule has 0 bridgehead atoms. The van der Waals surface area contributed by atoms with Crippen molar-refractivity contribution in [2.75, 3.05) is 39.5 Å². The van der Waals surface area contributed by atoms with E-state index in [1.165, 1.54) is 83.9 Å². The lowest BCUT2D eigenvalue weighted by Gasteiger charge is -2.26. The Bertz CT molecular complexity index is 1390. The summed E-state index contributed by atoms with van der Waals surface area (Å²) in [5.41, 5.74) is -0.178. The molecule has 1 aliphatic heterocycles. The number of hydrogen-bond acceptors (Lipinski definition) is 6. The van der Waals surface area contributed by atoms with Crippen LogP contribution in [-0.4, -0.2) is 61.4 Å². The summed E-state index contributed by atoms with van der Waals surface area (Å²) in [5.74, 6) is -1.66. The van der Waals surface area contributed by atoms with Crippen molar-refractivity contribution in [3.8, 4) is 5.75 Å². The molecule has 1 fully saturated rings. The molecule has 0 spiro atoms. The average Bonchev–Trinajstić information content (AvgIpc) is 3.17. The number of carboxylic acids is 1. The molecule has 0 atom stereocenters. The van der Waals surface area contributed by atoms with Gasteiger partial charge in [0.2, 0.25) is 0 Å². The molecule has 4 aromatic carbocycles. The predicted molar refractivity (Wildman–Crippen MR) is 204 cm³/mol. The van der Waals surface area contributed by atoms with Gasteiger partial charge in [-0.15, -0.1) is 0 Å². The van der Waals surface area contributed by atoms with Gasteiger partial charge >= 0.3 is 11.9 Å². The lowest BCUT2D eigenvalue weighted by Crippen LogP contribution is -2.38. The van der Waals surface area contributed by atoms with E-state index in [1.54, 1.807) is 0 Å². The van der Waals surface area contributed by atoms with E-state index in [-0.39, 0.29) is 22.4 Å². The molecular formula is C43H55NO6S. The van der Waals surface area contributed by atoms with Crippen LogP contribution in [0.5, 0.6) is 5.75 Å². The van der Waals surface area contributed by atoms with Gasteiger partial charge in [0, 0.05) is 26.1 Å². The summed E-state index contributed by atoms with van der Waals surface area (Å²) in [6.45, 7) is 7.12. The highest BCUT2D eigenvalue weighted by molar-refractivity contribution is 7.97. The van der Waals surface area contributed by atoms with Gasteiger partial charge in [0.05, 0.1) is 29.7 Å². The molecule has 5 rings (SSSR count). The lowest BCUT2D eigenvalue weighted by molar-refractivity contribution is -0.268. The fourth-order valence-electron chi connectivity index (χ4n) is 5.49. The first-order valence-corrected chi connectivity index (χ1v) is 19.6.